The number of alkyl halides is 3. The Morgan fingerprint density at radius 3 is 2.50 bits per heavy atom. The van der Waals surface area contributed by atoms with Gasteiger partial charge in [-0.3, -0.25) is 10.1 Å². The van der Waals surface area contributed by atoms with Gasteiger partial charge in [-0.15, -0.1) is 0 Å². The fourth-order valence-electron chi connectivity index (χ4n) is 2.83. The smallest absolute Gasteiger partial charge is 0.475 e. The lowest BCUT2D eigenvalue weighted by Crippen LogP contribution is -2.28. The third-order valence-electron chi connectivity index (χ3n) is 4.40. The second-order valence-electron chi connectivity index (χ2n) is 6.97. The molecule has 12 heteroatoms. The van der Waals surface area contributed by atoms with E-state index in [1.807, 2.05) is 55.5 Å². The molecule has 0 saturated heterocycles. The number of aryl methyl sites for hydroxylation is 1. The van der Waals surface area contributed by atoms with E-state index in [1.165, 1.54) is 0 Å². The van der Waals surface area contributed by atoms with Crippen LogP contribution in [0.25, 0.3) is 22.2 Å². The molecule has 0 spiro atoms. The number of aromatic amines is 1. The van der Waals surface area contributed by atoms with Crippen LogP contribution in [0.3, 0.4) is 0 Å². The van der Waals surface area contributed by atoms with Crippen molar-refractivity contribution in [3.63, 3.8) is 0 Å². The van der Waals surface area contributed by atoms with Gasteiger partial charge in [0.15, 0.2) is 5.11 Å². The zero-order chi connectivity index (χ0) is 24.7. The van der Waals surface area contributed by atoms with E-state index >= 15 is 0 Å². The summed E-state index contributed by atoms with van der Waals surface area (Å²) < 4.78 is 31.7. The highest BCUT2D eigenvalue weighted by molar-refractivity contribution is 7.80. The second-order valence-corrected chi connectivity index (χ2v) is 7.38. The molecule has 4 rings (SSSR count). The van der Waals surface area contributed by atoms with Crippen LogP contribution in [0.4, 0.5) is 19.0 Å². The van der Waals surface area contributed by atoms with Gasteiger partial charge in [0.2, 0.25) is 0 Å². The van der Waals surface area contributed by atoms with E-state index in [0.717, 1.165) is 33.4 Å². The molecule has 1 aromatic carbocycles. The van der Waals surface area contributed by atoms with Crippen LogP contribution in [0.15, 0.2) is 60.9 Å². The van der Waals surface area contributed by atoms with E-state index in [1.54, 1.807) is 12.4 Å². The first kappa shape index (κ1) is 24.6. The number of H-pyrrole nitrogens is 1. The zero-order valence-corrected chi connectivity index (χ0v) is 18.5. The molecule has 176 valence electrons. The van der Waals surface area contributed by atoms with E-state index < -0.39 is 12.1 Å². The summed E-state index contributed by atoms with van der Waals surface area (Å²) in [6.07, 6.45) is -1.50. The third kappa shape index (κ3) is 6.72. The van der Waals surface area contributed by atoms with Gasteiger partial charge in [0.05, 0.1) is 5.52 Å². The van der Waals surface area contributed by atoms with Crippen molar-refractivity contribution in [2.45, 2.75) is 19.6 Å². The molecule has 3 aromatic heterocycles. The van der Waals surface area contributed by atoms with Crippen molar-refractivity contribution in [2.75, 3.05) is 5.32 Å². The quantitative estimate of drug-likeness (QED) is 0.312. The highest BCUT2D eigenvalue weighted by Gasteiger charge is 2.38. The SMILES string of the molecule is Cc1cc(-c2n[nH]c3cc(NC(=S)NCc4ccccc4)ncc23)ccn1.O=C(O)C(F)(F)F. The lowest BCUT2D eigenvalue weighted by atomic mass is 10.1. The van der Waals surface area contributed by atoms with E-state index in [-0.39, 0.29) is 0 Å². The molecule has 3 heterocycles. The largest absolute Gasteiger partial charge is 0.490 e. The fourth-order valence-corrected chi connectivity index (χ4v) is 3.01. The van der Waals surface area contributed by atoms with Crippen LogP contribution in [-0.4, -0.2) is 42.5 Å². The van der Waals surface area contributed by atoms with E-state index in [2.05, 4.69) is 30.8 Å². The summed E-state index contributed by atoms with van der Waals surface area (Å²) in [5, 5.41) is 22.4. The number of pyridine rings is 2. The standard InChI is InChI=1S/C20H18N6S.C2HF3O2/c1-13-9-15(7-8-21-13)19-16-12-22-18(10-17(16)25-26-19)24-20(27)23-11-14-5-3-2-4-6-14;3-2(4,5)1(6)7/h2-10,12H,11H2,1H3,(H,25,26)(H2,22,23,24,27);(H,6,7). The van der Waals surface area contributed by atoms with Gasteiger partial charge in [-0.25, -0.2) is 9.78 Å². The Bertz CT molecular complexity index is 1290. The second kappa shape index (κ2) is 10.7. The van der Waals surface area contributed by atoms with Crippen molar-refractivity contribution in [3.8, 4) is 11.3 Å². The summed E-state index contributed by atoms with van der Waals surface area (Å²) in [5.74, 6) is -2.10. The predicted octanol–water partition coefficient (Wildman–Crippen LogP) is 4.45. The number of hydrogen-bond donors (Lipinski definition) is 4. The highest BCUT2D eigenvalue weighted by Crippen LogP contribution is 2.26. The van der Waals surface area contributed by atoms with Gasteiger partial charge in [0.1, 0.15) is 11.5 Å². The Labute approximate surface area is 197 Å². The Kier molecular flexibility index (Phi) is 7.74. The first-order chi connectivity index (χ1) is 16.1. The van der Waals surface area contributed by atoms with E-state index in [4.69, 9.17) is 22.1 Å². The van der Waals surface area contributed by atoms with Gasteiger partial charge in [-0.1, -0.05) is 30.3 Å². The van der Waals surface area contributed by atoms with Crippen LogP contribution in [0, 0.1) is 6.92 Å². The van der Waals surface area contributed by atoms with Crippen LogP contribution < -0.4 is 10.6 Å². The van der Waals surface area contributed by atoms with Gasteiger partial charge in [-0.05, 0) is 36.8 Å². The Morgan fingerprint density at radius 1 is 1.15 bits per heavy atom. The number of carboxylic acid groups (broad SMARTS) is 1. The predicted molar refractivity (Wildman–Crippen MR) is 125 cm³/mol. The Morgan fingerprint density at radius 2 is 1.85 bits per heavy atom. The number of anilines is 1. The number of nitrogens with zero attached hydrogens (tertiary/aromatic N) is 3. The van der Waals surface area contributed by atoms with Crippen molar-refractivity contribution in [1.29, 1.82) is 0 Å². The number of thiocarbonyl (C=S) groups is 1. The van der Waals surface area contributed by atoms with Crippen molar-refractivity contribution < 1.29 is 23.1 Å². The molecule has 0 aliphatic heterocycles. The number of rotatable bonds is 4. The van der Waals surface area contributed by atoms with Crippen LogP contribution >= 0.6 is 12.2 Å². The van der Waals surface area contributed by atoms with Crippen LogP contribution in [0.2, 0.25) is 0 Å². The molecule has 0 amide bonds. The number of carbonyl (C=O) groups is 1. The number of carboxylic acids is 1. The number of nitrogens with one attached hydrogen (secondary N) is 3. The normalized spacial score (nSPS) is 10.8. The van der Waals surface area contributed by atoms with Gasteiger partial charge in [-0.2, -0.15) is 18.3 Å². The number of hydrogen-bond acceptors (Lipinski definition) is 5. The van der Waals surface area contributed by atoms with Crippen molar-refractivity contribution in [3.05, 3.63) is 72.2 Å². The lowest BCUT2D eigenvalue weighted by molar-refractivity contribution is -0.192. The average Bonchev–Trinajstić information content (AvgIpc) is 3.21. The van der Waals surface area contributed by atoms with E-state index in [9.17, 15) is 13.2 Å². The number of benzene rings is 1. The maximum absolute atomic E-state index is 10.6. The minimum atomic E-state index is -5.08. The van der Waals surface area contributed by atoms with Crippen molar-refractivity contribution >= 4 is 40.0 Å². The Hall–Kier alpha value is -4.06. The monoisotopic (exact) mass is 488 g/mol. The third-order valence-corrected chi connectivity index (χ3v) is 4.64. The first-order valence-electron chi connectivity index (χ1n) is 9.79. The number of halogens is 3. The molecular formula is C22H19F3N6O2S. The van der Waals surface area contributed by atoms with Gasteiger partial charge >= 0.3 is 12.1 Å². The molecule has 4 N–H and O–H groups in total. The van der Waals surface area contributed by atoms with Crippen molar-refractivity contribution in [1.82, 2.24) is 25.5 Å². The van der Waals surface area contributed by atoms with Gasteiger partial charge < -0.3 is 15.7 Å². The summed E-state index contributed by atoms with van der Waals surface area (Å²) in [6.45, 7) is 2.62. The molecule has 8 nitrogen and oxygen atoms in total. The molecule has 0 aliphatic carbocycles. The van der Waals surface area contributed by atoms with Gasteiger partial charge in [0, 0.05) is 41.6 Å². The molecule has 0 atom stereocenters. The molecule has 0 aliphatic rings. The minimum absolute atomic E-state index is 0.523. The molecule has 4 aromatic rings. The minimum Gasteiger partial charge on any atom is -0.475 e. The topological polar surface area (TPSA) is 116 Å². The Balaban J connectivity index is 0.000000406. The molecule has 0 unspecified atom stereocenters. The number of fused-ring (bicyclic) bond motifs is 1. The molecule has 0 saturated carbocycles. The summed E-state index contributed by atoms with van der Waals surface area (Å²) in [4.78, 5) is 17.6. The van der Waals surface area contributed by atoms with Crippen molar-refractivity contribution in [2.24, 2.45) is 0 Å². The number of aromatic nitrogens is 4. The van der Waals surface area contributed by atoms with Gasteiger partial charge in [0.25, 0.3) is 0 Å². The van der Waals surface area contributed by atoms with Crippen LogP contribution in [0.5, 0.6) is 0 Å². The molecular weight excluding hydrogens is 469 g/mol. The number of aliphatic carboxylic acids is 1. The average molecular weight is 488 g/mol. The molecule has 0 bridgehead atoms. The lowest BCUT2D eigenvalue weighted by Gasteiger charge is -2.10. The summed E-state index contributed by atoms with van der Waals surface area (Å²) in [6, 6.07) is 15.9. The maximum atomic E-state index is 10.6. The zero-order valence-electron chi connectivity index (χ0n) is 17.7. The maximum Gasteiger partial charge on any atom is 0.490 e. The summed E-state index contributed by atoms with van der Waals surface area (Å²) in [5.41, 5.74) is 4.87. The van der Waals surface area contributed by atoms with Crippen LogP contribution in [0.1, 0.15) is 11.3 Å². The summed E-state index contributed by atoms with van der Waals surface area (Å²) in [7, 11) is 0. The van der Waals surface area contributed by atoms with E-state index in [0.29, 0.717) is 17.5 Å². The highest BCUT2D eigenvalue weighted by atomic mass is 32.1. The molecule has 0 fully saturated rings. The fraction of sp³-hybridized carbons (Fsp3) is 0.136. The summed E-state index contributed by atoms with van der Waals surface area (Å²) >= 11 is 5.36. The van der Waals surface area contributed by atoms with Crippen LogP contribution in [-0.2, 0) is 11.3 Å². The molecule has 34 heavy (non-hydrogen) atoms. The molecule has 0 radical (unpaired) electrons. The first-order valence-corrected chi connectivity index (χ1v) is 10.2.